The zero-order valence-corrected chi connectivity index (χ0v) is 8.55. The first-order valence-corrected chi connectivity index (χ1v) is 4.81. The number of nitrogens with two attached hydrogens (primary N) is 1. The summed E-state index contributed by atoms with van der Waals surface area (Å²) in [6.45, 7) is 3.90. The van der Waals surface area contributed by atoms with Gasteiger partial charge in [0, 0.05) is 5.57 Å². The van der Waals surface area contributed by atoms with Crippen molar-refractivity contribution >= 4 is 5.91 Å². The van der Waals surface area contributed by atoms with Crippen LogP contribution in [0.25, 0.3) is 0 Å². The molecule has 0 aromatic rings. The van der Waals surface area contributed by atoms with E-state index in [1.54, 1.807) is 13.0 Å². The lowest BCUT2D eigenvalue weighted by Crippen LogP contribution is -2.11. The maximum absolute atomic E-state index is 10.6. The third kappa shape index (κ3) is 7.32. The maximum Gasteiger partial charge on any atom is 0.244 e. The Bertz CT molecular complexity index is 204. The van der Waals surface area contributed by atoms with E-state index in [-0.39, 0.29) is 5.91 Å². The van der Waals surface area contributed by atoms with Crippen LogP contribution in [0, 0.1) is 0 Å². The normalized spacial score (nSPS) is 12.3. The summed E-state index contributed by atoms with van der Waals surface area (Å²) in [5, 5.41) is 0. The number of unbranched alkanes of at least 4 members (excludes halogenated alkanes) is 3. The zero-order valence-electron chi connectivity index (χ0n) is 8.55. The van der Waals surface area contributed by atoms with Gasteiger partial charge >= 0.3 is 0 Å². The fourth-order valence-corrected chi connectivity index (χ4v) is 0.903. The van der Waals surface area contributed by atoms with E-state index in [2.05, 4.69) is 13.0 Å². The van der Waals surface area contributed by atoms with E-state index in [0.717, 1.165) is 6.42 Å². The molecule has 0 aliphatic carbocycles. The van der Waals surface area contributed by atoms with Crippen molar-refractivity contribution in [1.29, 1.82) is 0 Å². The number of hydrogen-bond acceptors (Lipinski definition) is 1. The molecule has 0 radical (unpaired) electrons. The van der Waals surface area contributed by atoms with Crippen molar-refractivity contribution in [1.82, 2.24) is 0 Å². The predicted molar refractivity (Wildman–Crippen MR) is 56.2 cm³/mol. The molecule has 0 aliphatic heterocycles. The van der Waals surface area contributed by atoms with E-state index in [9.17, 15) is 4.79 Å². The highest BCUT2D eigenvalue weighted by molar-refractivity contribution is 5.91. The first-order chi connectivity index (χ1) is 6.18. The summed E-state index contributed by atoms with van der Waals surface area (Å²) in [5.74, 6) is -0.349. The molecule has 13 heavy (non-hydrogen) atoms. The second-order valence-electron chi connectivity index (χ2n) is 3.14. The Morgan fingerprint density at radius 3 is 2.62 bits per heavy atom. The molecule has 0 rings (SSSR count). The Morgan fingerprint density at radius 2 is 2.08 bits per heavy atom. The third-order valence-corrected chi connectivity index (χ3v) is 1.85. The van der Waals surface area contributed by atoms with Crippen molar-refractivity contribution in [2.24, 2.45) is 5.73 Å². The van der Waals surface area contributed by atoms with Gasteiger partial charge in [-0.25, -0.2) is 0 Å². The van der Waals surface area contributed by atoms with Crippen molar-refractivity contribution < 1.29 is 4.79 Å². The molecule has 0 bridgehead atoms. The number of carbonyl (C=O) groups excluding carboxylic acids is 1. The SMILES string of the molecule is CCCCC/C=C/C=C(\C)C(N)=O. The molecule has 74 valence electrons. The fraction of sp³-hybridized carbons (Fsp3) is 0.545. The van der Waals surface area contributed by atoms with E-state index in [0.29, 0.717) is 5.57 Å². The van der Waals surface area contributed by atoms with Crippen molar-refractivity contribution in [3.05, 3.63) is 23.8 Å². The smallest absolute Gasteiger partial charge is 0.244 e. The van der Waals surface area contributed by atoms with Crippen LogP contribution < -0.4 is 5.73 Å². The van der Waals surface area contributed by atoms with Gasteiger partial charge in [0.15, 0.2) is 0 Å². The molecule has 0 heterocycles. The first kappa shape index (κ1) is 11.9. The minimum Gasteiger partial charge on any atom is -0.366 e. The van der Waals surface area contributed by atoms with Crippen LogP contribution in [0.3, 0.4) is 0 Å². The minimum absolute atomic E-state index is 0.349. The fourth-order valence-electron chi connectivity index (χ4n) is 0.903. The van der Waals surface area contributed by atoms with E-state index in [1.807, 2.05) is 6.08 Å². The summed E-state index contributed by atoms with van der Waals surface area (Å²) in [6.07, 6.45) is 10.5. The summed E-state index contributed by atoms with van der Waals surface area (Å²) >= 11 is 0. The van der Waals surface area contributed by atoms with Crippen LogP contribution in [-0.4, -0.2) is 5.91 Å². The average Bonchev–Trinajstić information content (AvgIpc) is 2.10. The standard InChI is InChI=1S/C11H19NO/c1-3-4-5-6-7-8-9-10(2)11(12)13/h7-9H,3-6H2,1-2H3,(H2,12,13)/b8-7+,10-9+. The highest BCUT2D eigenvalue weighted by Gasteiger charge is 1.92. The number of primary amides is 1. The van der Waals surface area contributed by atoms with Crippen molar-refractivity contribution in [3.8, 4) is 0 Å². The molecule has 0 unspecified atom stereocenters. The van der Waals surface area contributed by atoms with Gasteiger partial charge in [0.1, 0.15) is 0 Å². The second kappa shape index (κ2) is 7.59. The second-order valence-corrected chi connectivity index (χ2v) is 3.14. The van der Waals surface area contributed by atoms with Crippen LogP contribution in [0.2, 0.25) is 0 Å². The summed E-state index contributed by atoms with van der Waals surface area (Å²) < 4.78 is 0. The average molecular weight is 181 g/mol. The Kier molecular flexibility index (Phi) is 6.98. The molecule has 0 atom stereocenters. The molecule has 0 saturated carbocycles. The van der Waals surface area contributed by atoms with Crippen molar-refractivity contribution in [2.75, 3.05) is 0 Å². The summed E-state index contributed by atoms with van der Waals surface area (Å²) in [4.78, 5) is 10.6. The predicted octanol–water partition coefficient (Wildman–Crippen LogP) is 2.55. The molecule has 0 fully saturated rings. The van der Waals surface area contributed by atoms with Crippen LogP contribution in [0.15, 0.2) is 23.8 Å². The Hall–Kier alpha value is -1.05. The van der Waals surface area contributed by atoms with Gasteiger partial charge in [-0.3, -0.25) is 4.79 Å². The number of allylic oxidation sites excluding steroid dienone is 3. The topological polar surface area (TPSA) is 43.1 Å². The highest BCUT2D eigenvalue weighted by atomic mass is 16.1. The van der Waals surface area contributed by atoms with Crippen LogP contribution in [0.4, 0.5) is 0 Å². The van der Waals surface area contributed by atoms with Gasteiger partial charge in [-0.05, 0) is 19.8 Å². The Balaban J connectivity index is 3.62. The molecule has 0 aromatic heterocycles. The maximum atomic E-state index is 10.6. The molecule has 0 aromatic carbocycles. The van der Waals surface area contributed by atoms with E-state index >= 15 is 0 Å². The Labute approximate surface area is 80.5 Å². The summed E-state index contributed by atoms with van der Waals surface area (Å²) in [6, 6.07) is 0. The van der Waals surface area contributed by atoms with E-state index < -0.39 is 0 Å². The van der Waals surface area contributed by atoms with Gasteiger partial charge in [-0.2, -0.15) is 0 Å². The molecule has 2 N–H and O–H groups in total. The lowest BCUT2D eigenvalue weighted by Gasteiger charge is -1.91. The van der Waals surface area contributed by atoms with E-state index in [1.165, 1.54) is 19.3 Å². The number of carbonyl (C=O) groups is 1. The number of amides is 1. The van der Waals surface area contributed by atoms with Gasteiger partial charge in [-0.15, -0.1) is 0 Å². The van der Waals surface area contributed by atoms with Crippen molar-refractivity contribution in [2.45, 2.75) is 39.5 Å². The lowest BCUT2D eigenvalue weighted by molar-refractivity contribution is -0.114. The molecule has 0 saturated heterocycles. The molecule has 0 spiro atoms. The quantitative estimate of drug-likeness (QED) is 0.382. The molecular formula is C11H19NO. The molecule has 2 heteroatoms. The van der Waals surface area contributed by atoms with Crippen LogP contribution in [-0.2, 0) is 4.79 Å². The van der Waals surface area contributed by atoms with Crippen LogP contribution >= 0.6 is 0 Å². The monoisotopic (exact) mass is 181 g/mol. The van der Waals surface area contributed by atoms with Gasteiger partial charge < -0.3 is 5.73 Å². The first-order valence-electron chi connectivity index (χ1n) is 4.81. The van der Waals surface area contributed by atoms with Crippen molar-refractivity contribution in [3.63, 3.8) is 0 Å². The molecule has 1 amide bonds. The summed E-state index contributed by atoms with van der Waals surface area (Å²) in [7, 11) is 0. The number of rotatable bonds is 6. The largest absolute Gasteiger partial charge is 0.366 e. The van der Waals surface area contributed by atoms with Crippen LogP contribution in [0.1, 0.15) is 39.5 Å². The number of hydrogen-bond donors (Lipinski definition) is 1. The van der Waals surface area contributed by atoms with Gasteiger partial charge in [-0.1, -0.05) is 38.0 Å². The Morgan fingerprint density at radius 1 is 1.38 bits per heavy atom. The molecule has 0 aliphatic rings. The van der Waals surface area contributed by atoms with Crippen LogP contribution in [0.5, 0.6) is 0 Å². The minimum atomic E-state index is -0.349. The highest BCUT2D eigenvalue weighted by Crippen LogP contribution is 2.00. The van der Waals surface area contributed by atoms with Gasteiger partial charge in [0.25, 0.3) is 0 Å². The molecule has 2 nitrogen and oxygen atoms in total. The third-order valence-electron chi connectivity index (χ3n) is 1.85. The lowest BCUT2D eigenvalue weighted by atomic mass is 10.2. The zero-order chi connectivity index (χ0) is 10.1. The van der Waals surface area contributed by atoms with E-state index in [4.69, 9.17) is 5.73 Å². The van der Waals surface area contributed by atoms with Gasteiger partial charge in [0.05, 0.1) is 0 Å². The summed E-state index contributed by atoms with van der Waals surface area (Å²) in [5.41, 5.74) is 5.66. The van der Waals surface area contributed by atoms with Gasteiger partial charge in [0.2, 0.25) is 5.91 Å². The molecular weight excluding hydrogens is 162 g/mol.